The third-order valence-electron chi connectivity index (χ3n) is 5.63. The second-order valence-electron chi connectivity index (χ2n) is 8.16. The number of amides is 1. The highest BCUT2D eigenvalue weighted by Gasteiger charge is 2.47. The first-order valence-corrected chi connectivity index (χ1v) is 10.4. The lowest BCUT2D eigenvalue weighted by atomic mass is 9.87. The van der Waals surface area contributed by atoms with Crippen LogP contribution in [0.4, 0.5) is 32.3 Å². The van der Waals surface area contributed by atoms with Crippen LogP contribution >= 0.6 is 0 Å². The van der Waals surface area contributed by atoms with Crippen LogP contribution in [-0.4, -0.2) is 60.8 Å². The van der Waals surface area contributed by atoms with Crippen LogP contribution in [0.5, 0.6) is 0 Å². The molecule has 1 aliphatic rings. The maximum atomic E-state index is 14.8. The van der Waals surface area contributed by atoms with Crippen molar-refractivity contribution >= 4 is 11.9 Å². The molecule has 2 aromatic heterocycles. The molecule has 0 spiro atoms. The van der Waals surface area contributed by atoms with E-state index in [0.717, 1.165) is 15.8 Å². The molecule has 1 aromatic carbocycles. The zero-order chi connectivity index (χ0) is 25.4. The lowest BCUT2D eigenvalue weighted by molar-refractivity contribution is -0.138. The van der Waals surface area contributed by atoms with Gasteiger partial charge in [-0.25, -0.2) is 23.1 Å². The summed E-state index contributed by atoms with van der Waals surface area (Å²) in [6, 6.07) is 2.87. The van der Waals surface area contributed by atoms with E-state index in [4.69, 9.17) is 0 Å². The van der Waals surface area contributed by atoms with Crippen LogP contribution in [-0.2, 0) is 6.18 Å². The standard InChI is InChI=1S/C21H19F6N7O/c1-12-7-20(23,24)11-33(16(12)10-30-19-28-8-13(9-29-19)21(25,26)27)18(35)17-14(22)3-2-4-15(17)34-31-5-6-32-34/h2-6,8-9,12,16H,7,10-11H2,1H3,(H,28,29,30)/t12-,16?/m1/s1. The minimum Gasteiger partial charge on any atom is -0.352 e. The molecule has 3 aromatic rings. The van der Waals surface area contributed by atoms with Gasteiger partial charge < -0.3 is 10.2 Å². The summed E-state index contributed by atoms with van der Waals surface area (Å²) in [5.41, 5.74) is -1.56. The molecule has 0 radical (unpaired) electrons. The number of hydrogen-bond acceptors (Lipinski definition) is 6. The number of benzene rings is 1. The van der Waals surface area contributed by atoms with Crippen LogP contribution < -0.4 is 5.32 Å². The topological polar surface area (TPSA) is 88.8 Å². The number of alkyl halides is 5. The van der Waals surface area contributed by atoms with Crippen LogP contribution in [0.25, 0.3) is 5.69 Å². The van der Waals surface area contributed by atoms with E-state index in [1.807, 2.05) is 0 Å². The van der Waals surface area contributed by atoms with Crippen molar-refractivity contribution in [3.8, 4) is 5.69 Å². The van der Waals surface area contributed by atoms with Gasteiger partial charge >= 0.3 is 6.18 Å². The molecule has 186 valence electrons. The van der Waals surface area contributed by atoms with Crippen LogP contribution in [0.1, 0.15) is 29.3 Å². The first-order chi connectivity index (χ1) is 16.5. The average molecular weight is 499 g/mol. The Hall–Kier alpha value is -3.71. The van der Waals surface area contributed by atoms with Crippen LogP contribution in [0.2, 0.25) is 0 Å². The molecule has 2 atom stereocenters. The Morgan fingerprint density at radius 2 is 1.83 bits per heavy atom. The smallest absolute Gasteiger partial charge is 0.352 e. The Bertz CT molecular complexity index is 1180. The summed E-state index contributed by atoms with van der Waals surface area (Å²) in [7, 11) is 0. The molecule has 1 saturated heterocycles. The molecule has 8 nitrogen and oxygen atoms in total. The van der Waals surface area contributed by atoms with Gasteiger partial charge in [0.25, 0.3) is 11.8 Å². The third-order valence-corrected chi connectivity index (χ3v) is 5.63. The summed E-state index contributed by atoms with van der Waals surface area (Å²) in [6.07, 6.45) is -1.37. The van der Waals surface area contributed by atoms with Gasteiger partial charge in [-0.3, -0.25) is 4.79 Å². The van der Waals surface area contributed by atoms with Gasteiger partial charge in [-0.2, -0.15) is 28.2 Å². The molecular formula is C21H19F6N7O. The number of likely N-dealkylation sites (tertiary alicyclic amines) is 1. The number of carbonyl (C=O) groups excluding carboxylic acids is 1. The fourth-order valence-corrected chi connectivity index (χ4v) is 4.02. The van der Waals surface area contributed by atoms with E-state index in [2.05, 4.69) is 25.5 Å². The number of carbonyl (C=O) groups is 1. The second-order valence-corrected chi connectivity index (χ2v) is 8.16. The Kier molecular flexibility index (Phi) is 6.38. The number of piperidine rings is 1. The summed E-state index contributed by atoms with van der Waals surface area (Å²) in [4.78, 5) is 22.5. The monoisotopic (exact) mass is 499 g/mol. The zero-order valence-corrected chi connectivity index (χ0v) is 18.2. The van der Waals surface area contributed by atoms with Crippen molar-refractivity contribution in [3.05, 3.63) is 59.9 Å². The zero-order valence-electron chi connectivity index (χ0n) is 18.2. The van der Waals surface area contributed by atoms with Gasteiger partial charge in [0.1, 0.15) is 17.1 Å². The minimum absolute atomic E-state index is 0.0284. The van der Waals surface area contributed by atoms with Gasteiger partial charge in [0.15, 0.2) is 0 Å². The molecule has 1 fully saturated rings. The van der Waals surface area contributed by atoms with Gasteiger partial charge in [0.05, 0.1) is 30.5 Å². The van der Waals surface area contributed by atoms with Crippen LogP contribution in [0.15, 0.2) is 43.0 Å². The van der Waals surface area contributed by atoms with E-state index in [1.54, 1.807) is 0 Å². The SMILES string of the molecule is C[C@@H]1CC(F)(F)CN(C(=O)c2c(F)cccc2-n2nccn2)C1CNc1ncc(C(F)(F)F)cn1. The fraction of sp³-hybridized carbons (Fsp3) is 0.381. The number of rotatable bonds is 5. The van der Waals surface area contributed by atoms with Crippen LogP contribution in [0, 0.1) is 11.7 Å². The Balaban J connectivity index is 1.62. The first kappa shape index (κ1) is 24.4. The van der Waals surface area contributed by atoms with Crippen molar-refractivity contribution in [1.82, 2.24) is 29.9 Å². The van der Waals surface area contributed by atoms with Gasteiger partial charge in [0.2, 0.25) is 5.95 Å². The van der Waals surface area contributed by atoms with Gasteiger partial charge in [-0.05, 0) is 18.1 Å². The highest BCUT2D eigenvalue weighted by molar-refractivity contribution is 5.98. The predicted octanol–water partition coefficient (Wildman–Crippen LogP) is 3.81. The molecule has 0 bridgehead atoms. The van der Waals surface area contributed by atoms with Crippen molar-refractivity contribution in [1.29, 1.82) is 0 Å². The maximum absolute atomic E-state index is 14.8. The number of halogens is 6. The van der Waals surface area contributed by atoms with Crippen molar-refractivity contribution in [2.24, 2.45) is 5.92 Å². The van der Waals surface area contributed by atoms with Crippen molar-refractivity contribution in [2.45, 2.75) is 31.5 Å². The molecule has 3 heterocycles. The first-order valence-electron chi connectivity index (χ1n) is 10.4. The van der Waals surface area contributed by atoms with E-state index >= 15 is 0 Å². The van der Waals surface area contributed by atoms with Crippen molar-refractivity contribution < 1.29 is 31.1 Å². The molecule has 14 heteroatoms. The molecule has 35 heavy (non-hydrogen) atoms. The Morgan fingerprint density at radius 1 is 1.17 bits per heavy atom. The summed E-state index contributed by atoms with van der Waals surface area (Å²) in [5, 5.41) is 10.5. The highest BCUT2D eigenvalue weighted by Crippen LogP contribution is 2.36. The largest absolute Gasteiger partial charge is 0.419 e. The lowest BCUT2D eigenvalue weighted by Crippen LogP contribution is -2.57. The molecule has 1 amide bonds. The van der Waals surface area contributed by atoms with E-state index in [-0.39, 0.29) is 18.2 Å². The van der Waals surface area contributed by atoms with E-state index in [9.17, 15) is 31.1 Å². The summed E-state index contributed by atoms with van der Waals surface area (Å²) in [5.74, 6) is -6.10. The van der Waals surface area contributed by atoms with Gasteiger partial charge in [-0.1, -0.05) is 13.0 Å². The summed E-state index contributed by atoms with van der Waals surface area (Å²) >= 11 is 0. The number of hydrogen-bond donors (Lipinski definition) is 1. The quantitative estimate of drug-likeness (QED) is 0.538. The second kappa shape index (κ2) is 9.15. The molecule has 4 rings (SSSR count). The van der Waals surface area contributed by atoms with E-state index in [0.29, 0.717) is 12.4 Å². The molecule has 1 N–H and O–H groups in total. The van der Waals surface area contributed by atoms with E-state index in [1.165, 1.54) is 31.5 Å². The molecule has 0 saturated carbocycles. The number of nitrogens with one attached hydrogen (secondary N) is 1. The van der Waals surface area contributed by atoms with Gasteiger partial charge in [0, 0.05) is 25.4 Å². The molecular weight excluding hydrogens is 480 g/mol. The fourth-order valence-electron chi connectivity index (χ4n) is 4.02. The number of aromatic nitrogens is 5. The van der Waals surface area contributed by atoms with Gasteiger partial charge in [-0.15, -0.1) is 0 Å². The average Bonchev–Trinajstić information content (AvgIpc) is 3.31. The number of anilines is 1. The summed E-state index contributed by atoms with van der Waals surface area (Å²) < 4.78 is 82.0. The molecule has 1 unspecified atom stereocenters. The molecule has 0 aliphatic carbocycles. The molecule has 1 aliphatic heterocycles. The predicted molar refractivity (Wildman–Crippen MR) is 110 cm³/mol. The summed E-state index contributed by atoms with van der Waals surface area (Å²) in [6.45, 7) is 0.374. The Labute approximate surface area is 195 Å². The third kappa shape index (κ3) is 5.20. The minimum atomic E-state index is -4.62. The van der Waals surface area contributed by atoms with E-state index < -0.39 is 59.9 Å². The maximum Gasteiger partial charge on any atom is 0.419 e. The van der Waals surface area contributed by atoms with Crippen molar-refractivity contribution in [3.63, 3.8) is 0 Å². The lowest BCUT2D eigenvalue weighted by Gasteiger charge is -2.43. The van der Waals surface area contributed by atoms with Crippen LogP contribution in [0.3, 0.4) is 0 Å². The van der Waals surface area contributed by atoms with Crippen molar-refractivity contribution in [2.75, 3.05) is 18.4 Å². The normalized spacial score (nSPS) is 20.0. The number of nitrogens with zero attached hydrogens (tertiary/aromatic N) is 6. The Morgan fingerprint density at radius 3 is 2.46 bits per heavy atom. The highest BCUT2D eigenvalue weighted by atomic mass is 19.4.